The van der Waals surface area contributed by atoms with Crippen molar-refractivity contribution in [3.05, 3.63) is 174 Å². The van der Waals surface area contributed by atoms with Gasteiger partial charge in [0.05, 0.1) is 31.2 Å². The molecule has 7 rings (SSSR count). The third-order valence-corrected chi connectivity index (χ3v) is 9.08. The third kappa shape index (κ3) is 5.44. The maximum absolute atomic E-state index is 14.3. The summed E-state index contributed by atoms with van der Waals surface area (Å²) in [5, 5.41) is 2.15. The summed E-state index contributed by atoms with van der Waals surface area (Å²) >= 11 is 0. The van der Waals surface area contributed by atoms with Gasteiger partial charge in [-0.3, -0.25) is 4.79 Å². The molecule has 234 valence electrons. The Labute approximate surface area is 274 Å². The summed E-state index contributed by atoms with van der Waals surface area (Å²) in [6.45, 7) is 2.61. The normalized spacial score (nSPS) is 14.9. The number of carbonyl (C=O) groups is 2. The van der Waals surface area contributed by atoms with Crippen molar-refractivity contribution in [2.75, 3.05) is 19.7 Å². The predicted molar refractivity (Wildman–Crippen MR) is 183 cm³/mol. The van der Waals surface area contributed by atoms with Crippen molar-refractivity contribution >= 4 is 22.8 Å². The maximum Gasteiger partial charge on any atom is 0.325 e. The molecule has 1 aliphatic heterocycles. The first-order valence-corrected chi connectivity index (χ1v) is 16.0. The molecule has 0 radical (unpaired) electrons. The number of hydrogen-bond donors (Lipinski definition) is 0. The molecule has 7 heteroatoms. The topological polar surface area (TPSA) is 67.7 Å². The van der Waals surface area contributed by atoms with Crippen LogP contribution in [0.3, 0.4) is 0 Å². The van der Waals surface area contributed by atoms with Crippen LogP contribution in [-0.4, -0.2) is 51.0 Å². The van der Waals surface area contributed by atoms with E-state index in [0.29, 0.717) is 13.1 Å². The first-order chi connectivity index (χ1) is 23.1. The average molecular weight is 621 g/mol. The lowest BCUT2D eigenvalue weighted by Gasteiger charge is -2.39. The minimum Gasteiger partial charge on any atom is -0.465 e. The molecule has 2 heterocycles. The zero-order valence-electron chi connectivity index (χ0n) is 26.3. The first kappa shape index (κ1) is 30.0. The molecule has 6 aromatic rings. The fraction of sp³-hybridized carbons (Fsp3) is 0.175. The van der Waals surface area contributed by atoms with Crippen molar-refractivity contribution < 1.29 is 14.3 Å². The highest BCUT2D eigenvalue weighted by Gasteiger charge is 2.43. The van der Waals surface area contributed by atoms with Crippen LogP contribution in [0.2, 0.25) is 0 Å². The van der Waals surface area contributed by atoms with E-state index in [9.17, 15) is 9.59 Å². The Morgan fingerprint density at radius 1 is 0.787 bits per heavy atom. The number of esters is 1. The fourth-order valence-corrected chi connectivity index (χ4v) is 7.06. The van der Waals surface area contributed by atoms with E-state index in [-0.39, 0.29) is 25.2 Å². The second-order valence-corrected chi connectivity index (χ2v) is 11.7. The van der Waals surface area contributed by atoms with Crippen molar-refractivity contribution in [3.8, 4) is 0 Å². The summed E-state index contributed by atoms with van der Waals surface area (Å²) in [7, 11) is 0. The van der Waals surface area contributed by atoms with E-state index < -0.39 is 11.5 Å². The van der Waals surface area contributed by atoms with Gasteiger partial charge in [-0.2, -0.15) is 0 Å². The van der Waals surface area contributed by atoms with Crippen LogP contribution < -0.4 is 0 Å². The molecule has 0 bridgehead atoms. The van der Waals surface area contributed by atoms with E-state index in [4.69, 9.17) is 4.74 Å². The number of imidazole rings is 1. The number of fused-ring (bicyclic) bond motifs is 1. The Bertz CT molecular complexity index is 1890. The molecule has 0 spiro atoms. The Hall–Kier alpha value is -5.69. The van der Waals surface area contributed by atoms with Gasteiger partial charge in [-0.15, -0.1) is 0 Å². The maximum atomic E-state index is 14.3. The van der Waals surface area contributed by atoms with Crippen molar-refractivity contribution in [3.63, 3.8) is 0 Å². The number of urea groups is 1. The molecule has 1 aromatic heterocycles. The van der Waals surface area contributed by atoms with E-state index in [1.54, 1.807) is 11.8 Å². The Kier molecular flexibility index (Phi) is 8.27. The highest BCUT2D eigenvalue weighted by atomic mass is 16.5. The summed E-state index contributed by atoms with van der Waals surface area (Å²) in [6.07, 6.45) is 3.71. The monoisotopic (exact) mass is 620 g/mol. The molecule has 1 saturated heterocycles. The highest BCUT2D eigenvalue weighted by molar-refractivity contribution is 5.89. The number of hydrogen-bond acceptors (Lipinski definition) is 4. The Morgan fingerprint density at radius 2 is 1.36 bits per heavy atom. The summed E-state index contributed by atoms with van der Waals surface area (Å²) in [4.78, 5) is 35.2. The van der Waals surface area contributed by atoms with Gasteiger partial charge in [0.15, 0.2) is 0 Å². The number of ether oxygens (including phenoxy) is 1. The van der Waals surface area contributed by atoms with Gasteiger partial charge < -0.3 is 19.1 Å². The van der Waals surface area contributed by atoms with Gasteiger partial charge in [0, 0.05) is 12.7 Å². The van der Waals surface area contributed by atoms with Gasteiger partial charge in [-0.1, -0.05) is 133 Å². The number of benzene rings is 5. The highest BCUT2D eigenvalue weighted by Crippen LogP contribution is 2.42. The molecule has 0 N–H and O–H groups in total. The van der Waals surface area contributed by atoms with Crippen LogP contribution in [0.5, 0.6) is 0 Å². The smallest absolute Gasteiger partial charge is 0.325 e. The largest absolute Gasteiger partial charge is 0.465 e. The van der Waals surface area contributed by atoms with E-state index in [2.05, 4.69) is 107 Å². The molecule has 1 aliphatic rings. The zero-order chi connectivity index (χ0) is 32.2. The molecule has 47 heavy (non-hydrogen) atoms. The lowest BCUT2D eigenvalue weighted by atomic mass is 9.76. The van der Waals surface area contributed by atoms with Gasteiger partial charge in [-0.05, 0) is 39.9 Å². The van der Waals surface area contributed by atoms with Crippen LogP contribution in [-0.2, 0) is 21.6 Å². The van der Waals surface area contributed by atoms with E-state index in [1.165, 1.54) is 0 Å². The van der Waals surface area contributed by atoms with Crippen molar-refractivity contribution in [1.82, 2.24) is 19.4 Å². The third-order valence-electron chi connectivity index (χ3n) is 9.08. The van der Waals surface area contributed by atoms with Crippen LogP contribution in [0, 0.1) is 0 Å². The van der Waals surface area contributed by atoms with Crippen molar-refractivity contribution in [2.24, 2.45) is 0 Å². The molecule has 1 fully saturated rings. The van der Waals surface area contributed by atoms with E-state index in [0.717, 1.165) is 38.7 Å². The van der Waals surface area contributed by atoms with Crippen LogP contribution >= 0.6 is 0 Å². The Balaban J connectivity index is 1.34. The first-order valence-electron chi connectivity index (χ1n) is 16.0. The lowest BCUT2D eigenvalue weighted by molar-refractivity contribution is -0.144. The van der Waals surface area contributed by atoms with Gasteiger partial charge in [-0.25, -0.2) is 9.78 Å². The lowest BCUT2D eigenvalue weighted by Crippen LogP contribution is -2.40. The van der Waals surface area contributed by atoms with Crippen molar-refractivity contribution in [1.29, 1.82) is 0 Å². The fourth-order valence-electron chi connectivity index (χ4n) is 7.06. The average Bonchev–Trinajstić information content (AvgIpc) is 3.70. The summed E-state index contributed by atoms with van der Waals surface area (Å²) in [5.41, 5.74) is 4.32. The standard InChI is InChI=1S/C40H36N4O3/c1-2-47-38(45)28-43-37(36-24-14-16-30-15-12-13-23-35(30)36)27-42(39(43)46)26-34-25-41-29-44(34)40(31-17-6-3-7-18-31,32-19-8-4-9-20-32)33-21-10-5-11-22-33/h3-25,29,37H,2,26-28H2,1H3. The molecule has 0 saturated carbocycles. The van der Waals surface area contributed by atoms with E-state index in [1.807, 2.05) is 53.8 Å². The SMILES string of the molecule is CCOC(=O)CN1C(=O)N(Cc2cncn2C(c2ccccc2)(c2ccccc2)c2ccccc2)CC1c1cccc2ccccc12. The second-order valence-electron chi connectivity index (χ2n) is 11.7. The van der Waals surface area contributed by atoms with E-state index >= 15 is 0 Å². The summed E-state index contributed by atoms with van der Waals surface area (Å²) in [6, 6.07) is 45.0. The predicted octanol–water partition coefficient (Wildman–Crippen LogP) is 7.42. The molecule has 2 amide bonds. The molecule has 7 nitrogen and oxygen atoms in total. The molecule has 1 atom stereocenters. The minimum absolute atomic E-state index is 0.127. The zero-order valence-corrected chi connectivity index (χ0v) is 26.3. The molecule has 0 aliphatic carbocycles. The van der Waals surface area contributed by atoms with Crippen LogP contribution in [0.1, 0.15) is 40.9 Å². The molecular formula is C40H36N4O3. The van der Waals surface area contributed by atoms with Crippen LogP contribution in [0.4, 0.5) is 4.79 Å². The van der Waals surface area contributed by atoms with Gasteiger partial charge in [0.25, 0.3) is 0 Å². The Morgan fingerprint density at radius 3 is 1.98 bits per heavy atom. The number of rotatable bonds is 10. The summed E-state index contributed by atoms with van der Waals surface area (Å²) in [5.74, 6) is -0.422. The number of carbonyl (C=O) groups excluding carboxylic acids is 2. The number of amides is 2. The second kappa shape index (κ2) is 13.0. The molecule has 1 unspecified atom stereocenters. The van der Waals surface area contributed by atoms with Gasteiger partial charge in [0.1, 0.15) is 12.1 Å². The number of aromatic nitrogens is 2. The van der Waals surface area contributed by atoms with Crippen LogP contribution in [0.25, 0.3) is 10.8 Å². The van der Waals surface area contributed by atoms with Crippen LogP contribution in [0.15, 0.2) is 146 Å². The number of nitrogens with zero attached hydrogens (tertiary/aromatic N) is 4. The molecular weight excluding hydrogens is 584 g/mol. The van der Waals surface area contributed by atoms with Crippen molar-refractivity contribution in [2.45, 2.75) is 25.0 Å². The van der Waals surface area contributed by atoms with Gasteiger partial charge >= 0.3 is 12.0 Å². The quantitative estimate of drug-likeness (QED) is 0.118. The summed E-state index contributed by atoms with van der Waals surface area (Å²) < 4.78 is 7.51. The molecule has 5 aromatic carbocycles. The van der Waals surface area contributed by atoms with Gasteiger partial charge in [0.2, 0.25) is 0 Å². The minimum atomic E-state index is -0.766.